The molecule has 2 aliphatic rings. The second kappa shape index (κ2) is 5.44. The topological polar surface area (TPSA) is 41.6 Å². The first-order valence-corrected chi connectivity index (χ1v) is 7.41. The molecule has 0 bridgehead atoms. The Morgan fingerprint density at radius 3 is 2.75 bits per heavy atom. The highest BCUT2D eigenvalue weighted by Gasteiger charge is 2.33. The number of amides is 1. The van der Waals surface area contributed by atoms with Crippen LogP contribution in [0.4, 0.5) is 5.69 Å². The monoisotopic (exact) mass is 274 g/mol. The lowest BCUT2D eigenvalue weighted by atomic mass is 10.0. The van der Waals surface area contributed by atoms with Gasteiger partial charge in [-0.05, 0) is 56.4 Å². The second-order valence-electron chi connectivity index (χ2n) is 5.78. The quantitative estimate of drug-likeness (QED) is 0.915. The van der Waals surface area contributed by atoms with Gasteiger partial charge in [-0.25, -0.2) is 0 Å². The van der Waals surface area contributed by atoms with Gasteiger partial charge in [0, 0.05) is 18.3 Å². The number of carbonyl (C=O) groups is 1. The van der Waals surface area contributed by atoms with Gasteiger partial charge in [0.1, 0.15) is 5.75 Å². The molecule has 108 valence electrons. The van der Waals surface area contributed by atoms with Crippen molar-refractivity contribution < 1.29 is 9.53 Å². The number of rotatable bonds is 4. The average molecular weight is 274 g/mol. The summed E-state index contributed by atoms with van der Waals surface area (Å²) in [5.74, 6) is 1.08. The molecule has 1 aliphatic heterocycles. The summed E-state index contributed by atoms with van der Waals surface area (Å²) in [6.45, 7) is 2.82. The number of aryl methyl sites for hydroxylation is 1. The third-order valence-electron chi connectivity index (χ3n) is 4.14. The first-order chi connectivity index (χ1) is 9.69. The predicted octanol–water partition coefficient (Wildman–Crippen LogP) is 2.25. The summed E-state index contributed by atoms with van der Waals surface area (Å²) < 4.78 is 5.28. The summed E-state index contributed by atoms with van der Waals surface area (Å²) in [4.78, 5) is 14.5. The number of nitrogens with one attached hydrogen (secondary N) is 1. The lowest BCUT2D eigenvalue weighted by Gasteiger charge is -2.33. The van der Waals surface area contributed by atoms with Gasteiger partial charge in [0.25, 0.3) is 0 Å². The van der Waals surface area contributed by atoms with E-state index in [0.717, 1.165) is 36.4 Å². The number of methoxy groups -OCH3 is 1. The molecule has 1 unspecified atom stereocenters. The second-order valence-corrected chi connectivity index (χ2v) is 5.78. The molecule has 0 spiro atoms. The summed E-state index contributed by atoms with van der Waals surface area (Å²) in [5.41, 5.74) is 2.05. The molecule has 1 saturated heterocycles. The van der Waals surface area contributed by atoms with Gasteiger partial charge >= 0.3 is 0 Å². The largest absolute Gasteiger partial charge is 0.496 e. The van der Waals surface area contributed by atoms with Crippen molar-refractivity contribution in [2.45, 2.75) is 44.7 Å². The van der Waals surface area contributed by atoms with Crippen LogP contribution in [0, 0.1) is 6.92 Å². The molecule has 0 aromatic heterocycles. The summed E-state index contributed by atoms with van der Waals surface area (Å²) in [6, 6.07) is 6.52. The number of nitrogens with zero attached hydrogens (tertiary/aromatic N) is 1. The van der Waals surface area contributed by atoms with Crippen LogP contribution in [0.25, 0.3) is 0 Å². The summed E-state index contributed by atoms with van der Waals surface area (Å²) >= 11 is 0. The van der Waals surface area contributed by atoms with Gasteiger partial charge in [-0.2, -0.15) is 0 Å². The average Bonchev–Trinajstić information content (AvgIpc) is 3.25. The first kappa shape index (κ1) is 13.4. The van der Waals surface area contributed by atoms with E-state index in [4.69, 9.17) is 4.74 Å². The van der Waals surface area contributed by atoms with Crippen LogP contribution in [0.3, 0.4) is 0 Å². The van der Waals surface area contributed by atoms with Crippen LogP contribution in [-0.2, 0) is 4.79 Å². The van der Waals surface area contributed by atoms with Crippen molar-refractivity contribution in [1.29, 1.82) is 0 Å². The smallest absolute Gasteiger partial charge is 0.244 e. The van der Waals surface area contributed by atoms with E-state index in [1.54, 1.807) is 7.11 Å². The molecule has 1 atom stereocenters. The number of hydrogen-bond acceptors (Lipinski definition) is 3. The summed E-state index contributed by atoms with van der Waals surface area (Å²) in [5, 5.41) is 3.46. The lowest BCUT2D eigenvalue weighted by Crippen LogP contribution is -2.51. The number of hydrogen-bond donors (Lipinski definition) is 1. The Hall–Kier alpha value is -1.55. The fourth-order valence-corrected chi connectivity index (χ4v) is 2.85. The normalized spacial score (nSPS) is 23.0. The highest BCUT2D eigenvalue weighted by Crippen LogP contribution is 2.28. The molecular weight excluding hydrogens is 252 g/mol. The van der Waals surface area contributed by atoms with E-state index in [9.17, 15) is 4.79 Å². The third-order valence-corrected chi connectivity index (χ3v) is 4.14. The van der Waals surface area contributed by atoms with E-state index < -0.39 is 0 Å². The minimum absolute atomic E-state index is 0.00124. The fourth-order valence-electron chi connectivity index (χ4n) is 2.85. The first-order valence-electron chi connectivity index (χ1n) is 7.41. The molecule has 4 nitrogen and oxygen atoms in total. The highest BCUT2D eigenvalue weighted by molar-refractivity contribution is 5.98. The van der Waals surface area contributed by atoms with Crippen molar-refractivity contribution in [3.63, 3.8) is 0 Å². The van der Waals surface area contributed by atoms with Gasteiger partial charge in [-0.15, -0.1) is 0 Å². The zero-order valence-corrected chi connectivity index (χ0v) is 12.2. The van der Waals surface area contributed by atoms with Gasteiger partial charge in [0.15, 0.2) is 0 Å². The van der Waals surface area contributed by atoms with E-state index in [-0.39, 0.29) is 11.9 Å². The van der Waals surface area contributed by atoms with E-state index in [2.05, 4.69) is 5.32 Å². The Morgan fingerprint density at radius 1 is 1.30 bits per heavy atom. The van der Waals surface area contributed by atoms with Gasteiger partial charge < -0.3 is 15.0 Å². The molecule has 1 N–H and O–H groups in total. The standard InChI is InChI=1S/C16H22N2O2/c1-11-10-13(7-8-15(11)20-2)18-9-3-4-14(16(18)19)17-12-5-6-12/h7-8,10,12,14,17H,3-6,9H2,1-2H3. The van der Waals surface area contributed by atoms with Gasteiger partial charge in [-0.3, -0.25) is 4.79 Å². The van der Waals surface area contributed by atoms with Crippen molar-refractivity contribution >= 4 is 11.6 Å². The van der Waals surface area contributed by atoms with Crippen LogP contribution in [-0.4, -0.2) is 31.6 Å². The maximum absolute atomic E-state index is 12.6. The fraction of sp³-hybridized carbons (Fsp3) is 0.562. The van der Waals surface area contributed by atoms with Crippen molar-refractivity contribution in [3.8, 4) is 5.75 Å². The number of ether oxygens (including phenoxy) is 1. The lowest BCUT2D eigenvalue weighted by molar-refractivity contribution is -0.121. The Kier molecular flexibility index (Phi) is 3.66. The highest BCUT2D eigenvalue weighted by atomic mass is 16.5. The van der Waals surface area contributed by atoms with Crippen LogP contribution in [0.15, 0.2) is 18.2 Å². The number of carbonyl (C=O) groups excluding carboxylic acids is 1. The van der Waals surface area contributed by atoms with Gasteiger partial charge in [0.2, 0.25) is 5.91 Å². The Labute approximate surface area is 120 Å². The number of piperidine rings is 1. The van der Waals surface area contributed by atoms with Crippen molar-refractivity contribution in [1.82, 2.24) is 5.32 Å². The molecule has 3 rings (SSSR count). The predicted molar refractivity (Wildman–Crippen MR) is 79.3 cm³/mol. The molecule has 1 saturated carbocycles. The Morgan fingerprint density at radius 2 is 2.10 bits per heavy atom. The van der Waals surface area contributed by atoms with E-state index in [0.29, 0.717) is 6.04 Å². The maximum atomic E-state index is 12.6. The number of anilines is 1. The van der Waals surface area contributed by atoms with Crippen LogP contribution >= 0.6 is 0 Å². The van der Waals surface area contributed by atoms with Crippen molar-refractivity contribution in [2.24, 2.45) is 0 Å². The molecule has 1 amide bonds. The maximum Gasteiger partial charge on any atom is 0.244 e. The van der Waals surface area contributed by atoms with E-state index >= 15 is 0 Å². The van der Waals surface area contributed by atoms with E-state index in [1.807, 2.05) is 30.0 Å². The van der Waals surface area contributed by atoms with Crippen LogP contribution in [0.5, 0.6) is 5.75 Å². The summed E-state index contributed by atoms with van der Waals surface area (Å²) in [6.07, 6.45) is 4.44. The Bertz CT molecular complexity index is 511. The molecule has 1 aromatic carbocycles. The minimum atomic E-state index is -0.00124. The zero-order valence-electron chi connectivity index (χ0n) is 12.2. The molecule has 0 radical (unpaired) electrons. The molecular formula is C16H22N2O2. The minimum Gasteiger partial charge on any atom is -0.496 e. The number of benzene rings is 1. The molecule has 4 heteroatoms. The van der Waals surface area contributed by atoms with Crippen LogP contribution in [0.1, 0.15) is 31.2 Å². The molecule has 1 aromatic rings. The SMILES string of the molecule is COc1ccc(N2CCCC(NC3CC3)C2=O)cc1C. The van der Waals surface area contributed by atoms with Crippen LogP contribution < -0.4 is 15.0 Å². The van der Waals surface area contributed by atoms with Crippen LogP contribution in [0.2, 0.25) is 0 Å². The van der Waals surface area contributed by atoms with E-state index in [1.165, 1.54) is 12.8 Å². The molecule has 2 fully saturated rings. The Balaban J connectivity index is 1.77. The third kappa shape index (κ3) is 2.66. The zero-order chi connectivity index (χ0) is 14.1. The van der Waals surface area contributed by atoms with Crippen molar-refractivity contribution in [3.05, 3.63) is 23.8 Å². The molecule has 1 heterocycles. The van der Waals surface area contributed by atoms with Crippen molar-refractivity contribution in [2.75, 3.05) is 18.6 Å². The molecule has 20 heavy (non-hydrogen) atoms. The molecule has 1 aliphatic carbocycles. The van der Waals surface area contributed by atoms with Gasteiger partial charge in [-0.1, -0.05) is 0 Å². The van der Waals surface area contributed by atoms with Gasteiger partial charge in [0.05, 0.1) is 13.2 Å². The summed E-state index contributed by atoms with van der Waals surface area (Å²) in [7, 11) is 1.67.